The highest BCUT2D eigenvalue weighted by atomic mass is 32.1. The summed E-state index contributed by atoms with van der Waals surface area (Å²) in [5.41, 5.74) is 0. The first-order valence-electron chi connectivity index (χ1n) is 8.85. The summed E-state index contributed by atoms with van der Waals surface area (Å²) >= 11 is 4.05. The lowest BCUT2D eigenvalue weighted by Gasteiger charge is -2.22. The number of hydrogen-bond donors (Lipinski definition) is 7. The van der Waals surface area contributed by atoms with Crippen LogP contribution in [0.4, 0.5) is 0 Å². The molecule has 1 heterocycles. The van der Waals surface area contributed by atoms with Crippen LogP contribution in [0.5, 0.6) is 0 Å². The number of hydrogen-bond acceptors (Lipinski definition) is 7. The van der Waals surface area contributed by atoms with Crippen molar-refractivity contribution in [2.45, 2.75) is 56.8 Å². The maximum atomic E-state index is 12.3. The van der Waals surface area contributed by atoms with Crippen molar-refractivity contribution in [1.29, 1.82) is 0 Å². The largest absolute Gasteiger partial charge is 0.481 e. The Morgan fingerprint density at radius 2 is 1.75 bits per heavy atom. The van der Waals surface area contributed by atoms with E-state index in [0.717, 1.165) is 13.0 Å². The van der Waals surface area contributed by atoms with E-state index in [1.165, 1.54) is 6.92 Å². The molecule has 0 radical (unpaired) electrons. The highest BCUT2D eigenvalue weighted by Crippen LogP contribution is 2.05. The van der Waals surface area contributed by atoms with Crippen molar-refractivity contribution in [3.05, 3.63) is 0 Å². The predicted octanol–water partition coefficient (Wildman–Crippen LogP) is -1.91. The van der Waals surface area contributed by atoms with Crippen LogP contribution in [0.1, 0.15) is 32.6 Å². The summed E-state index contributed by atoms with van der Waals surface area (Å²) in [5, 5.41) is 27.9. The van der Waals surface area contributed by atoms with Crippen molar-refractivity contribution in [3.8, 4) is 0 Å². The molecule has 4 unspecified atom stereocenters. The minimum Gasteiger partial charge on any atom is -0.481 e. The van der Waals surface area contributed by atoms with Gasteiger partial charge in [0.15, 0.2) is 0 Å². The van der Waals surface area contributed by atoms with E-state index >= 15 is 0 Å². The molecule has 1 aliphatic rings. The maximum absolute atomic E-state index is 12.3. The third-order valence-corrected chi connectivity index (χ3v) is 4.57. The first-order valence-corrected chi connectivity index (χ1v) is 9.49. The van der Waals surface area contributed by atoms with E-state index in [0.29, 0.717) is 6.42 Å². The number of carbonyl (C=O) groups excluding carboxylic acids is 3. The standard InChI is InChI=1S/C16H26N4O7S/c1-8(13(23)19-10(16(26)27)4-5-12(21)22)18-15(25)11(7-28)20-14(24)9-3-2-6-17-9/h8-11,17,28H,2-7H2,1H3,(H,18,25)(H,19,23)(H,20,24)(H,21,22)(H,26,27). The SMILES string of the molecule is CC(NC(=O)C(CS)NC(=O)C1CCCN1)C(=O)NC(CCC(=O)O)C(=O)O. The second kappa shape index (κ2) is 11.5. The Morgan fingerprint density at radius 1 is 1.07 bits per heavy atom. The van der Waals surface area contributed by atoms with Crippen LogP contribution in [0.2, 0.25) is 0 Å². The number of aliphatic carboxylic acids is 2. The van der Waals surface area contributed by atoms with E-state index < -0.39 is 48.3 Å². The Kier molecular flexibility index (Phi) is 9.73. The molecule has 4 atom stereocenters. The van der Waals surface area contributed by atoms with E-state index in [4.69, 9.17) is 10.2 Å². The van der Waals surface area contributed by atoms with Gasteiger partial charge in [0.05, 0.1) is 6.04 Å². The second-order valence-corrected chi connectivity index (χ2v) is 6.82. The number of rotatable bonds is 11. The van der Waals surface area contributed by atoms with Crippen LogP contribution in [-0.4, -0.2) is 76.3 Å². The van der Waals surface area contributed by atoms with Crippen LogP contribution in [0.25, 0.3) is 0 Å². The molecule has 0 aromatic rings. The van der Waals surface area contributed by atoms with Gasteiger partial charge in [-0.15, -0.1) is 0 Å². The smallest absolute Gasteiger partial charge is 0.326 e. The molecule has 1 aliphatic heterocycles. The Labute approximate surface area is 167 Å². The molecule has 0 saturated carbocycles. The number of carboxylic acid groups (broad SMARTS) is 2. The summed E-state index contributed by atoms with van der Waals surface area (Å²) in [6.45, 7) is 2.07. The molecule has 0 spiro atoms. The molecule has 3 amide bonds. The van der Waals surface area contributed by atoms with E-state index in [1.807, 2.05) is 0 Å². The Hall–Kier alpha value is -2.34. The van der Waals surface area contributed by atoms with Crippen molar-refractivity contribution in [2.75, 3.05) is 12.3 Å². The number of carbonyl (C=O) groups is 5. The van der Waals surface area contributed by atoms with E-state index in [2.05, 4.69) is 33.9 Å². The Balaban J connectivity index is 2.57. The molecule has 1 saturated heterocycles. The monoisotopic (exact) mass is 418 g/mol. The normalized spacial score (nSPS) is 19.1. The molecular weight excluding hydrogens is 392 g/mol. The summed E-state index contributed by atoms with van der Waals surface area (Å²) in [4.78, 5) is 58.2. The Morgan fingerprint density at radius 3 is 2.25 bits per heavy atom. The average Bonchev–Trinajstić information content (AvgIpc) is 3.16. The first-order chi connectivity index (χ1) is 13.1. The first kappa shape index (κ1) is 23.7. The van der Waals surface area contributed by atoms with E-state index in [-0.39, 0.29) is 24.1 Å². The van der Waals surface area contributed by atoms with Gasteiger partial charge in [-0.05, 0) is 32.7 Å². The molecule has 0 aromatic carbocycles. The van der Waals surface area contributed by atoms with Crippen LogP contribution in [0.3, 0.4) is 0 Å². The summed E-state index contributed by atoms with van der Waals surface area (Å²) in [6, 6.07) is -3.82. The predicted molar refractivity (Wildman–Crippen MR) is 101 cm³/mol. The molecule has 1 fully saturated rings. The third-order valence-electron chi connectivity index (χ3n) is 4.21. The van der Waals surface area contributed by atoms with Crippen LogP contribution < -0.4 is 21.3 Å². The fourth-order valence-electron chi connectivity index (χ4n) is 2.58. The van der Waals surface area contributed by atoms with Gasteiger partial charge >= 0.3 is 11.9 Å². The molecule has 12 heteroatoms. The average molecular weight is 418 g/mol. The summed E-state index contributed by atoms with van der Waals surface area (Å²) in [7, 11) is 0. The number of amides is 3. The van der Waals surface area contributed by atoms with Crippen molar-refractivity contribution in [2.24, 2.45) is 0 Å². The molecule has 158 valence electrons. The van der Waals surface area contributed by atoms with Crippen molar-refractivity contribution < 1.29 is 34.2 Å². The molecule has 1 rings (SSSR count). The number of thiol groups is 1. The van der Waals surface area contributed by atoms with Gasteiger partial charge in [0.25, 0.3) is 0 Å². The summed E-state index contributed by atoms with van der Waals surface area (Å²) in [5.74, 6) is -4.31. The van der Waals surface area contributed by atoms with Gasteiger partial charge < -0.3 is 31.5 Å². The van der Waals surface area contributed by atoms with Gasteiger partial charge in [-0.25, -0.2) is 4.79 Å². The molecule has 11 nitrogen and oxygen atoms in total. The quantitative estimate of drug-likeness (QED) is 0.190. The van der Waals surface area contributed by atoms with Gasteiger partial charge in [-0.3, -0.25) is 19.2 Å². The van der Waals surface area contributed by atoms with Crippen LogP contribution >= 0.6 is 12.6 Å². The summed E-state index contributed by atoms with van der Waals surface area (Å²) in [6.07, 6.45) is 0.805. The van der Waals surface area contributed by atoms with Crippen molar-refractivity contribution in [3.63, 3.8) is 0 Å². The fourth-order valence-corrected chi connectivity index (χ4v) is 2.83. The lowest BCUT2D eigenvalue weighted by atomic mass is 10.1. The minimum atomic E-state index is -1.39. The zero-order valence-electron chi connectivity index (χ0n) is 15.4. The van der Waals surface area contributed by atoms with Gasteiger partial charge in [-0.2, -0.15) is 12.6 Å². The van der Waals surface area contributed by atoms with Crippen molar-refractivity contribution >= 4 is 42.3 Å². The topological polar surface area (TPSA) is 174 Å². The lowest BCUT2D eigenvalue weighted by Crippen LogP contribution is -2.56. The van der Waals surface area contributed by atoms with Gasteiger partial charge in [0.2, 0.25) is 17.7 Å². The highest BCUT2D eigenvalue weighted by Gasteiger charge is 2.29. The maximum Gasteiger partial charge on any atom is 0.326 e. The lowest BCUT2D eigenvalue weighted by molar-refractivity contribution is -0.143. The van der Waals surface area contributed by atoms with Crippen LogP contribution in [-0.2, 0) is 24.0 Å². The Bertz CT molecular complexity index is 610. The van der Waals surface area contributed by atoms with Gasteiger partial charge in [0, 0.05) is 12.2 Å². The molecule has 28 heavy (non-hydrogen) atoms. The van der Waals surface area contributed by atoms with Crippen molar-refractivity contribution in [1.82, 2.24) is 21.3 Å². The molecular formula is C16H26N4O7S. The third kappa shape index (κ3) is 7.72. The van der Waals surface area contributed by atoms with E-state index in [1.54, 1.807) is 0 Å². The summed E-state index contributed by atoms with van der Waals surface area (Å²) < 4.78 is 0. The molecule has 0 aliphatic carbocycles. The fraction of sp³-hybridized carbons (Fsp3) is 0.688. The number of carboxylic acids is 2. The molecule has 0 aromatic heterocycles. The highest BCUT2D eigenvalue weighted by molar-refractivity contribution is 7.80. The van der Waals surface area contributed by atoms with E-state index in [9.17, 15) is 24.0 Å². The zero-order chi connectivity index (χ0) is 21.3. The minimum absolute atomic E-state index is 0.00892. The van der Waals surface area contributed by atoms with Crippen LogP contribution in [0, 0.1) is 0 Å². The van der Waals surface area contributed by atoms with Gasteiger partial charge in [-0.1, -0.05) is 0 Å². The zero-order valence-corrected chi connectivity index (χ0v) is 16.3. The van der Waals surface area contributed by atoms with Gasteiger partial charge in [0.1, 0.15) is 18.1 Å². The molecule has 0 bridgehead atoms. The molecule has 6 N–H and O–H groups in total. The number of nitrogens with one attached hydrogen (secondary N) is 4. The van der Waals surface area contributed by atoms with Crippen LogP contribution in [0.15, 0.2) is 0 Å². The second-order valence-electron chi connectivity index (χ2n) is 6.45.